The van der Waals surface area contributed by atoms with Crippen LogP contribution in [0, 0.1) is 24.0 Å². The molecule has 0 atom stereocenters. The molecule has 0 radical (unpaired) electrons. The lowest BCUT2D eigenvalue weighted by atomic mass is 10.0. The molecule has 2 rings (SSSR count). The third-order valence-corrected chi connectivity index (χ3v) is 4.23. The Labute approximate surface area is 179 Å². The highest BCUT2D eigenvalue weighted by Gasteiger charge is 2.33. The molecule has 0 bridgehead atoms. The minimum Gasteiger partial charge on any atom is -0.464 e. The van der Waals surface area contributed by atoms with Crippen LogP contribution >= 0.6 is 0 Å². The lowest BCUT2D eigenvalue weighted by Crippen LogP contribution is -2.33. The second-order valence-electron chi connectivity index (χ2n) is 6.55. The average molecular weight is 456 g/mol. The van der Waals surface area contributed by atoms with Crippen LogP contribution in [0.1, 0.15) is 30.0 Å². The maximum absolute atomic E-state index is 13.2. The fourth-order valence-electron chi connectivity index (χ4n) is 2.83. The summed E-state index contributed by atoms with van der Waals surface area (Å²) in [7, 11) is 1.11. The standard InChI is InChI=1S/C18H19F3N6O5/c1-5-13(16(29)32-4)23-26(14(28)8-25-9-22-17(24-25)27(30)31)15-10(2)6-12(7-11(15)3)18(19,20)21/h6-7,9H,5,8H2,1-4H3. The third kappa shape index (κ3) is 5.44. The Hall–Kier alpha value is -3.84. The Morgan fingerprint density at radius 1 is 1.28 bits per heavy atom. The Kier molecular flexibility index (Phi) is 7.28. The first-order valence-electron chi connectivity index (χ1n) is 9.10. The van der Waals surface area contributed by atoms with E-state index < -0.39 is 41.0 Å². The van der Waals surface area contributed by atoms with Crippen LogP contribution in [-0.2, 0) is 27.0 Å². The largest absolute Gasteiger partial charge is 0.490 e. The molecular weight excluding hydrogens is 437 g/mol. The average Bonchev–Trinajstić information content (AvgIpc) is 3.17. The van der Waals surface area contributed by atoms with Gasteiger partial charge in [0.1, 0.15) is 12.3 Å². The molecule has 1 aromatic heterocycles. The molecule has 0 aliphatic carbocycles. The number of amides is 1. The van der Waals surface area contributed by atoms with Crippen molar-refractivity contribution in [2.24, 2.45) is 5.10 Å². The molecule has 1 aromatic carbocycles. The van der Waals surface area contributed by atoms with Crippen molar-refractivity contribution >= 4 is 29.2 Å². The predicted octanol–water partition coefficient (Wildman–Crippen LogP) is 2.79. The van der Waals surface area contributed by atoms with Crippen molar-refractivity contribution in [1.29, 1.82) is 0 Å². The van der Waals surface area contributed by atoms with Crippen molar-refractivity contribution in [1.82, 2.24) is 14.8 Å². The number of carbonyl (C=O) groups is 2. The topological polar surface area (TPSA) is 133 Å². The van der Waals surface area contributed by atoms with Gasteiger partial charge in [0.15, 0.2) is 0 Å². The number of aryl methyl sites for hydroxylation is 2. The Morgan fingerprint density at radius 2 is 1.88 bits per heavy atom. The number of hydrogen-bond donors (Lipinski definition) is 0. The van der Waals surface area contributed by atoms with Crippen LogP contribution in [0.5, 0.6) is 0 Å². The number of nitro groups is 1. The summed E-state index contributed by atoms with van der Waals surface area (Å²) in [6.45, 7) is 3.71. The first-order chi connectivity index (χ1) is 14.9. The summed E-state index contributed by atoms with van der Waals surface area (Å²) < 4.78 is 45.0. The van der Waals surface area contributed by atoms with Crippen LogP contribution in [0.25, 0.3) is 0 Å². The van der Waals surface area contributed by atoms with E-state index >= 15 is 0 Å². The fourth-order valence-corrected chi connectivity index (χ4v) is 2.83. The van der Waals surface area contributed by atoms with E-state index in [4.69, 9.17) is 0 Å². The summed E-state index contributed by atoms with van der Waals surface area (Å²) >= 11 is 0. The lowest BCUT2D eigenvalue weighted by Gasteiger charge is -2.23. The van der Waals surface area contributed by atoms with E-state index in [9.17, 15) is 32.9 Å². The molecular formula is C18H19F3N6O5. The molecule has 0 saturated carbocycles. The van der Waals surface area contributed by atoms with Gasteiger partial charge >= 0.3 is 18.1 Å². The van der Waals surface area contributed by atoms with E-state index in [1.165, 1.54) is 13.8 Å². The van der Waals surface area contributed by atoms with Crippen molar-refractivity contribution < 1.29 is 32.4 Å². The Balaban J connectivity index is 2.58. The van der Waals surface area contributed by atoms with Gasteiger partial charge in [-0.1, -0.05) is 11.9 Å². The molecule has 0 aliphatic heterocycles. The maximum atomic E-state index is 13.2. The van der Waals surface area contributed by atoms with E-state index in [2.05, 4.69) is 19.9 Å². The van der Waals surface area contributed by atoms with Gasteiger partial charge in [0.05, 0.1) is 18.4 Å². The Morgan fingerprint density at radius 3 is 2.31 bits per heavy atom. The molecule has 0 saturated heterocycles. The quantitative estimate of drug-likeness (QED) is 0.271. The number of hydrazone groups is 1. The van der Waals surface area contributed by atoms with Gasteiger partial charge in [0, 0.05) is 5.10 Å². The number of alkyl halides is 3. The number of ether oxygens (including phenoxy) is 1. The molecule has 172 valence electrons. The summed E-state index contributed by atoms with van der Waals surface area (Å²) in [6, 6.07) is 1.70. The van der Waals surface area contributed by atoms with Gasteiger partial charge in [-0.25, -0.2) is 4.79 Å². The summed E-state index contributed by atoms with van der Waals surface area (Å²) in [6.07, 6.45) is -3.60. The number of nitrogens with zero attached hydrogens (tertiary/aromatic N) is 6. The fraction of sp³-hybridized carbons (Fsp3) is 0.389. The van der Waals surface area contributed by atoms with Gasteiger partial charge in [0.25, 0.3) is 5.91 Å². The molecule has 0 spiro atoms. The number of carbonyl (C=O) groups excluding carboxylic acids is 2. The number of halogens is 3. The third-order valence-electron chi connectivity index (χ3n) is 4.23. The zero-order valence-corrected chi connectivity index (χ0v) is 17.5. The number of hydrogen-bond acceptors (Lipinski definition) is 8. The van der Waals surface area contributed by atoms with Crippen LogP contribution in [0.4, 0.5) is 24.8 Å². The molecule has 1 amide bonds. The van der Waals surface area contributed by atoms with Crippen LogP contribution in [-0.4, -0.2) is 44.4 Å². The number of esters is 1. The molecule has 32 heavy (non-hydrogen) atoms. The summed E-state index contributed by atoms with van der Waals surface area (Å²) in [5.41, 5.74) is -0.918. The number of anilines is 1. The lowest BCUT2D eigenvalue weighted by molar-refractivity contribution is -0.394. The van der Waals surface area contributed by atoms with Crippen LogP contribution in [0.2, 0.25) is 0 Å². The zero-order chi connectivity index (χ0) is 24.2. The van der Waals surface area contributed by atoms with Gasteiger partial charge in [0.2, 0.25) is 6.33 Å². The van der Waals surface area contributed by atoms with Gasteiger partial charge < -0.3 is 14.9 Å². The summed E-state index contributed by atoms with van der Waals surface area (Å²) in [4.78, 5) is 38.4. The normalized spacial score (nSPS) is 11.9. The van der Waals surface area contributed by atoms with Crippen molar-refractivity contribution in [3.63, 3.8) is 0 Å². The molecule has 11 nitrogen and oxygen atoms in total. The van der Waals surface area contributed by atoms with Gasteiger partial charge in [-0.15, -0.1) is 0 Å². The monoisotopic (exact) mass is 456 g/mol. The minimum absolute atomic E-state index is 0.0208. The van der Waals surface area contributed by atoms with Gasteiger partial charge in [-0.3, -0.25) is 4.79 Å². The molecule has 1 heterocycles. The molecule has 0 fully saturated rings. The number of benzene rings is 1. The predicted molar refractivity (Wildman–Crippen MR) is 105 cm³/mol. The second-order valence-corrected chi connectivity index (χ2v) is 6.55. The van der Waals surface area contributed by atoms with Gasteiger partial charge in [-0.05, 0) is 48.5 Å². The molecule has 0 N–H and O–H groups in total. The van der Waals surface area contributed by atoms with Crippen molar-refractivity contribution in [3.05, 3.63) is 45.3 Å². The maximum Gasteiger partial charge on any atom is 0.490 e. The Bertz CT molecular complexity index is 1060. The molecule has 0 aliphatic rings. The number of aromatic nitrogens is 3. The van der Waals surface area contributed by atoms with Crippen molar-refractivity contribution in [2.45, 2.75) is 39.9 Å². The second kappa shape index (κ2) is 9.53. The highest BCUT2D eigenvalue weighted by atomic mass is 19.4. The molecule has 14 heteroatoms. The summed E-state index contributed by atoms with van der Waals surface area (Å²) in [5.74, 6) is -2.40. The van der Waals surface area contributed by atoms with Gasteiger partial charge in [-0.2, -0.15) is 28.0 Å². The van der Waals surface area contributed by atoms with E-state index in [0.29, 0.717) is 0 Å². The smallest absolute Gasteiger partial charge is 0.464 e. The van der Waals surface area contributed by atoms with Crippen LogP contribution in [0.15, 0.2) is 23.6 Å². The number of rotatable bonds is 7. The highest BCUT2D eigenvalue weighted by molar-refractivity contribution is 6.36. The van der Waals surface area contributed by atoms with Crippen LogP contribution in [0.3, 0.4) is 0 Å². The molecule has 0 unspecified atom stereocenters. The first kappa shape index (κ1) is 24.4. The van der Waals surface area contributed by atoms with E-state index in [1.54, 1.807) is 6.92 Å². The number of methoxy groups -OCH3 is 1. The molecule has 2 aromatic rings. The highest BCUT2D eigenvalue weighted by Crippen LogP contribution is 2.35. The van der Waals surface area contributed by atoms with E-state index in [1.807, 2.05) is 0 Å². The van der Waals surface area contributed by atoms with Crippen molar-refractivity contribution in [3.8, 4) is 0 Å². The van der Waals surface area contributed by atoms with E-state index in [-0.39, 0.29) is 28.9 Å². The van der Waals surface area contributed by atoms with Crippen LogP contribution < -0.4 is 5.01 Å². The van der Waals surface area contributed by atoms with E-state index in [0.717, 1.165) is 35.3 Å². The first-order valence-corrected chi connectivity index (χ1v) is 9.10. The minimum atomic E-state index is -4.60. The zero-order valence-electron chi connectivity index (χ0n) is 17.5. The SMILES string of the molecule is CCC(=NN(C(=O)Cn1cnc([N+](=O)[O-])n1)c1c(C)cc(C(F)(F)F)cc1C)C(=O)OC. The summed E-state index contributed by atoms with van der Waals surface area (Å²) in [5, 5.41) is 19.1. The van der Waals surface area contributed by atoms with Crippen molar-refractivity contribution in [2.75, 3.05) is 12.1 Å².